The fourth-order valence-electron chi connectivity index (χ4n) is 2.95. The second-order valence-electron chi connectivity index (χ2n) is 7.11. The quantitative estimate of drug-likeness (QED) is 0.680. The lowest BCUT2D eigenvalue weighted by Gasteiger charge is -2.22. The zero-order chi connectivity index (χ0) is 21.4. The highest BCUT2D eigenvalue weighted by atomic mass is 16.2. The minimum absolute atomic E-state index is 0.227. The van der Waals surface area contributed by atoms with Crippen LogP contribution in [0.3, 0.4) is 0 Å². The van der Waals surface area contributed by atoms with E-state index in [0.717, 1.165) is 36.6 Å². The van der Waals surface area contributed by atoms with Gasteiger partial charge in [-0.1, -0.05) is 0 Å². The van der Waals surface area contributed by atoms with E-state index in [1.807, 2.05) is 38.1 Å². The van der Waals surface area contributed by atoms with E-state index in [1.165, 1.54) is 12.3 Å². The van der Waals surface area contributed by atoms with Crippen LogP contribution in [0.1, 0.15) is 40.3 Å². The molecule has 0 radical (unpaired) electrons. The highest BCUT2D eigenvalue weighted by Gasteiger charge is 2.13. The first kappa shape index (κ1) is 22.4. The minimum Gasteiger partial charge on any atom is -0.372 e. The maximum Gasteiger partial charge on any atom is 0.269 e. The standard InChI is InChI=1S/C22H31N5O2/c1-6-27(7-2)18-8-9-19(16(3)14-18)25-21(28)17-10-11-23-20(15-17)22(29)24-12-13-26(4)5/h8-11,14-15H,6-7,12-13H2,1-5H3,(H,24,29)(H,25,28). The van der Waals surface area contributed by atoms with Crippen molar-refractivity contribution in [1.29, 1.82) is 0 Å². The van der Waals surface area contributed by atoms with Gasteiger partial charge in [-0.05, 0) is 70.8 Å². The van der Waals surface area contributed by atoms with Crippen LogP contribution < -0.4 is 15.5 Å². The Morgan fingerprint density at radius 3 is 2.38 bits per heavy atom. The van der Waals surface area contributed by atoms with E-state index in [0.29, 0.717) is 12.1 Å². The van der Waals surface area contributed by atoms with Crippen molar-refractivity contribution in [1.82, 2.24) is 15.2 Å². The van der Waals surface area contributed by atoms with E-state index in [-0.39, 0.29) is 17.5 Å². The van der Waals surface area contributed by atoms with E-state index < -0.39 is 0 Å². The molecule has 2 rings (SSSR count). The summed E-state index contributed by atoms with van der Waals surface area (Å²) in [6.07, 6.45) is 1.48. The molecule has 0 aliphatic rings. The molecule has 156 valence electrons. The summed E-state index contributed by atoms with van der Waals surface area (Å²) in [5.74, 6) is -0.560. The number of anilines is 2. The fraction of sp³-hybridized carbons (Fsp3) is 0.409. The van der Waals surface area contributed by atoms with Crippen molar-refractivity contribution in [2.45, 2.75) is 20.8 Å². The highest BCUT2D eigenvalue weighted by Crippen LogP contribution is 2.23. The molecule has 2 aromatic rings. The Kier molecular flexibility index (Phi) is 8.15. The van der Waals surface area contributed by atoms with Crippen molar-refractivity contribution >= 4 is 23.2 Å². The fourth-order valence-corrected chi connectivity index (χ4v) is 2.95. The molecule has 0 saturated carbocycles. The van der Waals surface area contributed by atoms with Gasteiger partial charge in [-0.25, -0.2) is 0 Å². The lowest BCUT2D eigenvalue weighted by molar-refractivity contribution is 0.0946. The molecule has 1 aromatic heterocycles. The third kappa shape index (κ3) is 6.29. The Hall–Kier alpha value is -2.93. The molecule has 7 heteroatoms. The smallest absolute Gasteiger partial charge is 0.269 e. The molecule has 0 saturated heterocycles. The Morgan fingerprint density at radius 2 is 1.76 bits per heavy atom. The molecule has 7 nitrogen and oxygen atoms in total. The second kappa shape index (κ2) is 10.6. The van der Waals surface area contributed by atoms with Crippen LogP contribution in [0.25, 0.3) is 0 Å². The maximum absolute atomic E-state index is 12.7. The van der Waals surface area contributed by atoms with Gasteiger partial charge in [-0.15, -0.1) is 0 Å². The van der Waals surface area contributed by atoms with Gasteiger partial charge in [-0.2, -0.15) is 0 Å². The molecular formula is C22H31N5O2. The zero-order valence-electron chi connectivity index (χ0n) is 18.0. The van der Waals surface area contributed by atoms with E-state index in [9.17, 15) is 9.59 Å². The van der Waals surface area contributed by atoms with Crippen molar-refractivity contribution in [3.8, 4) is 0 Å². The molecule has 1 heterocycles. The third-order valence-corrected chi connectivity index (χ3v) is 4.69. The first-order valence-corrected chi connectivity index (χ1v) is 9.91. The van der Waals surface area contributed by atoms with Crippen LogP contribution in [0.5, 0.6) is 0 Å². The van der Waals surface area contributed by atoms with Gasteiger partial charge >= 0.3 is 0 Å². The van der Waals surface area contributed by atoms with Crippen molar-refractivity contribution in [3.63, 3.8) is 0 Å². The molecule has 2 N–H and O–H groups in total. The molecule has 0 spiro atoms. The normalized spacial score (nSPS) is 10.7. The Bertz CT molecular complexity index is 847. The lowest BCUT2D eigenvalue weighted by atomic mass is 10.1. The molecule has 0 bridgehead atoms. The number of carbonyl (C=O) groups excluding carboxylic acids is 2. The molecule has 0 unspecified atom stereocenters. The predicted octanol–water partition coefficient (Wildman–Crippen LogP) is 2.78. The zero-order valence-corrected chi connectivity index (χ0v) is 18.0. The van der Waals surface area contributed by atoms with Crippen molar-refractivity contribution in [2.75, 3.05) is 50.5 Å². The van der Waals surface area contributed by atoms with Gasteiger partial charge in [-0.3, -0.25) is 14.6 Å². The van der Waals surface area contributed by atoms with Crippen molar-refractivity contribution < 1.29 is 9.59 Å². The minimum atomic E-state index is -0.291. The van der Waals surface area contributed by atoms with Crippen LogP contribution in [0, 0.1) is 6.92 Å². The molecule has 0 atom stereocenters. The van der Waals surface area contributed by atoms with Gasteiger partial charge < -0.3 is 20.4 Å². The number of hydrogen-bond acceptors (Lipinski definition) is 5. The van der Waals surface area contributed by atoms with Crippen LogP contribution in [0.2, 0.25) is 0 Å². The first-order valence-electron chi connectivity index (χ1n) is 9.91. The molecule has 0 aliphatic heterocycles. The molecule has 1 aromatic carbocycles. The summed E-state index contributed by atoms with van der Waals surface area (Å²) in [5, 5.41) is 5.73. The number of aromatic nitrogens is 1. The van der Waals surface area contributed by atoms with E-state index in [2.05, 4.69) is 40.4 Å². The Balaban J connectivity index is 2.08. The summed E-state index contributed by atoms with van der Waals surface area (Å²) in [4.78, 5) is 33.2. The number of likely N-dealkylation sites (N-methyl/N-ethyl adjacent to an activating group) is 1. The average Bonchev–Trinajstić information content (AvgIpc) is 2.70. The van der Waals surface area contributed by atoms with Gasteiger partial charge in [0.05, 0.1) is 0 Å². The lowest BCUT2D eigenvalue weighted by Crippen LogP contribution is -2.32. The average molecular weight is 398 g/mol. The molecule has 29 heavy (non-hydrogen) atoms. The summed E-state index contributed by atoms with van der Waals surface area (Å²) in [6, 6.07) is 9.10. The van der Waals surface area contributed by atoms with Crippen LogP contribution in [-0.2, 0) is 0 Å². The van der Waals surface area contributed by atoms with Crippen LogP contribution in [-0.4, -0.2) is 62.0 Å². The van der Waals surface area contributed by atoms with Crippen LogP contribution in [0.15, 0.2) is 36.5 Å². The van der Waals surface area contributed by atoms with E-state index in [4.69, 9.17) is 0 Å². The molecule has 0 fully saturated rings. The summed E-state index contributed by atoms with van der Waals surface area (Å²) in [5.41, 5.74) is 3.49. The van der Waals surface area contributed by atoms with Gasteiger partial charge in [0.1, 0.15) is 5.69 Å². The maximum atomic E-state index is 12.7. The van der Waals surface area contributed by atoms with Gasteiger partial charge in [0.2, 0.25) is 0 Å². The Morgan fingerprint density at radius 1 is 1.03 bits per heavy atom. The Labute approximate surface area is 173 Å². The van der Waals surface area contributed by atoms with Crippen molar-refractivity contribution in [3.05, 3.63) is 53.3 Å². The number of pyridine rings is 1. The SMILES string of the molecule is CCN(CC)c1ccc(NC(=O)c2ccnc(C(=O)NCCN(C)C)c2)c(C)c1. The number of carbonyl (C=O) groups is 2. The largest absolute Gasteiger partial charge is 0.372 e. The monoisotopic (exact) mass is 397 g/mol. The summed E-state index contributed by atoms with van der Waals surface area (Å²) >= 11 is 0. The number of amides is 2. The number of hydrogen-bond donors (Lipinski definition) is 2. The van der Waals surface area contributed by atoms with Crippen molar-refractivity contribution in [2.24, 2.45) is 0 Å². The van der Waals surface area contributed by atoms with Gasteiger partial charge in [0.25, 0.3) is 11.8 Å². The van der Waals surface area contributed by atoms with Gasteiger partial charge in [0.15, 0.2) is 0 Å². The summed E-state index contributed by atoms with van der Waals surface area (Å²) in [6.45, 7) is 9.31. The number of nitrogens with one attached hydrogen (secondary N) is 2. The molecule has 0 aliphatic carbocycles. The van der Waals surface area contributed by atoms with Crippen LogP contribution in [0.4, 0.5) is 11.4 Å². The van der Waals surface area contributed by atoms with E-state index in [1.54, 1.807) is 6.07 Å². The topological polar surface area (TPSA) is 77.6 Å². The second-order valence-corrected chi connectivity index (χ2v) is 7.11. The number of aryl methyl sites for hydroxylation is 1. The van der Waals surface area contributed by atoms with Crippen LogP contribution >= 0.6 is 0 Å². The first-order chi connectivity index (χ1) is 13.8. The number of benzene rings is 1. The number of nitrogens with zero attached hydrogens (tertiary/aromatic N) is 3. The van der Waals surface area contributed by atoms with Gasteiger partial charge in [0, 0.05) is 49.3 Å². The molecule has 2 amide bonds. The van der Waals surface area contributed by atoms with E-state index >= 15 is 0 Å². The predicted molar refractivity (Wildman–Crippen MR) is 118 cm³/mol. The summed E-state index contributed by atoms with van der Waals surface area (Å²) < 4.78 is 0. The highest BCUT2D eigenvalue weighted by molar-refractivity contribution is 6.06. The third-order valence-electron chi connectivity index (χ3n) is 4.69. The summed E-state index contributed by atoms with van der Waals surface area (Å²) in [7, 11) is 3.87. The molecular weight excluding hydrogens is 366 g/mol. The number of rotatable bonds is 9.